The van der Waals surface area contributed by atoms with Gasteiger partial charge in [0.25, 0.3) is 0 Å². The van der Waals surface area contributed by atoms with Gasteiger partial charge in [-0.3, -0.25) is 0 Å². The van der Waals surface area contributed by atoms with Crippen LogP contribution >= 0.6 is 11.3 Å². The molecular weight excluding hydrogens is 306 g/mol. The van der Waals surface area contributed by atoms with Crippen LogP contribution in [0.2, 0.25) is 0 Å². The number of hydrogen-bond donors (Lipinski definition) is 2. The first-order chi connectivity index (χ1) is 9.78. The first-order valence-corrected chi connectivity index (χ1v) is 8.86. The molecular formula is C15H19NO3S2. The average molecular weight is 325 g/mol. The SMILES string of the molecule is Cc1cc(S(=O)(=O)NC(C)(CO)c2ccccc2)c(C)s1. The molecule has 0 aliphatic carbocycles. The summed E-state index contributed by atoms with van der Waals surface area (Å²) in [7, 11) is -3.69. The van der Waals surface area contributed by atoms with E-state index in [1.54, 1.807) is 32.0 Å². The van der Waals surface area contributed by atoms with Crippen molar-refractivity contribution in [1.29, 1.82) is 0 Å². The van der Waals surface area contributed by atoms with Gasteiger partial charge in [-0.1, -0.05) is 30.3 Å². The molecule has 1 unspecified atom stereocenters. The van der Waals surface area contributed by atoms with Crippen LogP contribution in [0.5, 0.6) is 0 Å². The van der Waals surface area contributed by atoms with Gasteiger partial charge in [-0.2, -0.15) is 4.72 Å². The number of aliphatic hydroxyl groups is 1. The monoisotopic (exact) mass is 325 g/mol. The summed E-state index contributed by atoms with van der Waals surface area (Å²) < 4.78 is 27.8. The van der Waals surface area contributed by atoms with Crippen molar-refractivity contribution >= 4 is 21.4 Å². The Bertz CT molecular complexity index is 723. The second kappa shape index (κ2) is 5.88. The number of thiophene rings is 1. The van der Waals surface area contributed by atoms with E-state index < -0.39 is 15.6 Å². The number of sulfonamides is 1. The second-order valence-electron chi connectivity index (χ2n) is 5.24. The maximum absolute atomic E-state index is 12.6. The van der Waals surface area contributed by atoms with E-state index in [1.807, 2.05) is 25.1 Å². The molecule has 1 atom stereocenters. The van der Waals surface area contributed by atoms with Gasteiger partial charge in [0.05, 0.1) is 17.0 Å². The van der Waals surface area contributed by atoms with E-state index in [0.29, 0.717) is 0 Å². The number of hydrogen-bond acceptors (Lipinski definition) is 4. The van der Waals surface area contributed by atoms with Gasteiger partial charge >= 0.3 is 0 Å². The first-order valence-electron chi connectivity index (χ1n) is 6.56. The second-order valence-corrected chi connectivity index (χ2v) is 8.35. The lowest BCUT2D eigenvalue weighted by Gasteiger charge is -2.29. The number of aliphatic hydroxyl groups excluding tert-OH is 1. The fourth-order valence-electron chi connectivity index (χ4n) is 2.21. The number of aryl methyl sites for hydroxylation is 2. The minimum absolute atomic E-state index is 0.278. The number of benzene rings is 1. The van der Waals surface area contributed by atoms with Crippen LogP contribution in [0.1, 0.15) is 22.2 Å². The molecule has 0 radical (unpaired) electrons. The highest BCUT2D eigenvalue weighted by Crippen LogP contribution is 2.28. The summed E-state index contributed by atoms with van der Waals surface area (Å²) in [5, 5.41) is 9.70. The standard InChI is InChI=1S/C15H19NO3S2/c1-11-9-14(12(2)20-11)21(18,19)16-15(3,10-17)13-7-5-4-6-8-13/h4-9,16-17H,10H2,1-3H3. The minimum Gasteiger partial charge on any atom is -0.394 e. The fraction of sp³-hybridized carbons (Fsp3) is 0.333. The summed E-state index contributed by atoms with van der Waals surface area (Å²) in [5.41, 5.74) is -0.330. The van der Waals surface area contributed by atoms with Crippen LogP contribution in [0.3, 0.4) is 0 Å². The van der Waals surface area contributed by atoms with Crippen LogP contribution in [-0.4, -0.2) is 20.1 Å². The molecule has 0 saturated carbocycles. The molecule has 0 aliphatic heterocycles. The van der Waals surface area contributed by atoms with Gasteiger partial charge < -0.3 is 5.11 Å². The largest absolute Gasteiger partial charge is 0.394 e. The molecule has 1 aromatic heterocycles. The van der Waals surface area contributed by atoms with Crippen molar-refractivity contribution in [3.05, 3.63) is 51.7 Å². The van der Waals surface area contributed by atoms with E-state index in [2.05, 4.69) is 4.72 Å². The first kappa shape index (κ1) is 16.2. The van der Waals surface area contributed by atoms with Gasteiger partial charge in [0.2, 0.25) is 10.0 Å². The molecule has 0 bridgehead atoms. The smallest absolute Gasteiger partial charge is 0.242 e. The predicted octanol–water partition coefficient (Wildman–Crippen LogP) is 2.55. The molecule has 0 saturated heterocycles. The summed E-state index contributed by atoms with van der Waals surface area (Å²) in [5.74, 6) is 0. The van der Waals surface area contributed by atoms with Gasteiger partial charge in [0.1, 0.15) is 0 Å². The van der Waals surface area contributed by atoms with E-state index in [9.17, 15) is 13.5 Å². The predicted molar refractivity (Wildman–Crippen MR) is 85.0 cm³/mol. The molecule has 0 spiro atoms. The molecule has 0 aliphatic rings. The normalized spacial score (nSPS) is 14.9. The molecule has 0 amide bonds. The third-order valence-electron chi connectivity index (χ3n) is 3.37. The minimum atomic E-state index is -3.69. The fourth-order valence-corrected chi connectivity index (χ4v) is 5.16. The average Bonchev–Trinajstić information content (AvgIpc) is 2.79. The van der Waals surface area contributed by atoms with Crippen LogP contribution in [0.4, 0.5) is 0 Å². The molecule has 0 fully saturated rings. The zero-order valence-electron chi connectivity index (χ0n) is 12.3. The van der Waals surface area contributed by atoms with Crippen LogP contribution in [0, 0.1) is 13.8 Å². The Morgan fingerprint density at radius 1 is 1.24 bits per heavy atom. The van der Waals surface area contributed by atoms with Crippen molar-refractivity contribution < 1.29 is 13.5 Å². The van der Waals surface area contributed by atoms with Gasteiger partial charge in [-0.15, -0.1) is 11.3 Å². The zero-order valence-corrected chi connectivity index (χ0v) is 13.9. The Balaban J connectivity index is 2.40. The maximum atomic E-state index is 12.6. The molecule has 1 heterocycles. The van der Waals surface area contributed by atoms with Crippen LogP contribution < -0.4 is 4.72 Å². The van der Waals surface area contributed by atoms with E-state index in [-0.39, 0.29) is 11.5 Å². The third-order valence-corrected chi connectivity index (χ3v) is 6.19. The van der Waals surface area contributed by atoms with E-state index >= 15 is 0 Å². The summed E-state index contributed by atoms with van der Waals surface area (Å²) in [6.45, 7) is 5.01. The zero-order chi connectivity index (χ0) is 15.7. The molecule has 2 N–H and O–H groups in total. The van der Waals surface area contributed by atoms with E-state index in [4.69, 9.17) is 0 Å². The lowest BCUT2D eigenvalue weighted by atomic mass is 9.94. The number of nitrogens with one attached hydrogen (secondary N) is 1. The van der Waals surface area contributed by atoms with Gasteiger partial charge in [0.15, 0.2) is 0 Å². The van der Waals surface area contributed by atoms with Crippen molar-refractivity contribution in [1.82, 2.24) is 4.72 Å². The molecule has 4 nitrogen and oxygen atoms in total. The highest BCUT2D eigenvalue weighted by Gasteiger charge is 2.33. The van der Waals surface area contributed by atoms with Crippen molar-refractivity contribution in [2.24, 2.45) is 0 Å². The molecule has 6 heteroatoms. The Kier molecular flexibility index (Phi) is 4.53. The summed E-state index contributed by atoms with van der Waals surface area (Å²) >= 11 is 1.44. The van der Waals surface area contributed by atoms with Crippen molar-refractivity contribution in [2.45, 2.75) is 31.2 Å². The number of rotatable bonds is 5. The third kappa shape index (κ3) is 3.35. The summed E-state index contributed by atoms with van der Waals surface area (Å²) in [6.07, 6.45) is 0. The molecule has 21 heavy (non-hydrogen) atoms. The molecule has 1 aromatic carbocycles. The van der Waals surface area contributed by atoms with Crippen molar-refractivity contribution in [3.63, 3.8) is 0 Å². The van der Waals surface area contributed by atoms with Gasteiger partial charge in [-0.25, -0.2) is 8.42 Å². The van der Waals surface area contributed by atoms with Crippen LogP contribution in [0.15, 0.2) is 41.3 Å². The van der Waals surface area contributed by atoms with Crippen molar-refractivity contribution in [3.8, 4) is 0 Å². The van der Waals surface area contributed by atoms with E-state index in [0.717, 1.165) is 15.3 Å². The lowest BCUT2D eigenvalue weighted by Crippen LogP contribution is -2.46. The summed E-state index contributed by atoms with van der Waals surface area (Å²) in [4.78, 5) is 1.97. The Morgan fingerprint density at radius 3 is 2.33 bits per heavy atom. The maximum Gasteiger partial charge on any atom is 0.242 e. The molecule has 114 valence electrons. The molecule has 2 rings (SSSR count). The van der Waals surface area contributed by atoms with Gasteiger partial charge in [0, 0.05) is 9.75 Å². The molecule has 2 aromatic rings. The van der Waals surface area contributed by atoms with E-state index in [1.165, 1.54) is 11.3 Å². The topological polar surface area (TPSA) is 66.4 Å². The lowest BCUT2D eigenvalue weighted by molar-refractivity contribution is 0.196. The summed E-state index contributed by atoms with van der Waals surface area (Å²) in [6, 6.07) is 10.7. The highest BCUT2D eigenvalue weighted by atomic mass is 32.2. The highest BCUT2D eigenvalue weighted by molar-refractivity contribution is 7.89. The van der Waals surface area contributed by atoms with Gasteiger partial charge in [-0.05, 0) is 32.4 Å². The van der Waals surface area contributed by atoms with Crippen LogP contribution in [0.25, 0.3) is 0 Å². The van der Waals surface area contributed by atoms with Crippen molar-refractivity contribution in [2.75, 3.05) is 6.61 Å². The Labute approximate surface area is 129 Å². The Morgan fingerprint density at radius 2 is 1.86 bits per heavy atom. The Hall–Kier alpha value is -1.21. The quantitative estimate of drug-likeness (QED) is 0.888. The van der Waals surface area contributed by atoms with Crippen LogP contribution in [-0.2, 0) is 15.6 Å².